The summed E-state index contributed by atoms with van der Waals surface area (Å²) in [5.41, 5.74) is 0.710. The topological polar surface area (TPSA) is 104 Å². The fraction of sp³-hybridized carbons (Fsp3) is 0.625. The summed E-state index contributed by atoms with van der Waals surface area (Å²) in [5.74, 6) is 1.52. The van der Waals surface area contributed by atoms with E-state index in [1.54, 1.807) is 24.5 Å². The third-order valence-electron chi connectivity index (χ3n) is 7.17. The first-order valence-corrected chi connectivity index (χ1v) is 12.0. The summed E-state index contributed by atoms with van der Waals surface area (Å²) in [6.45, 7) is 6.61. The lowest BCUT2D eigenvalue weighted by atomic mass is 9.76. The van der Waals surface area contributed by atoms with Gasteiger partial charge in [-0.05, 0) is 49.7 Å². The van der Waals surface area contributed by atoms with E-state index in [0.29, 0.717) is 43.0 Å². The van der Waals surface area contributed by atoms with E-state index in [0.717, 1.165) is 38.6 Å². The molecule has 3 aliphatic rings. The Hall–Kier alpha value is -2.81. The van der Waals surface area contributed by atoms with Gasteiger partial charge in [-0.25, -0.2) is 0 Å². The van der Waals surface area contributed by atoms with Crippen molar-refractivity contribution in [3.63, 3.8) is 0 Å². The summed E-state index contributed by atoms with van der Waals surface area (Å²) in [6.07, 6.45) is 8.10. The standard InChI is InChI=1S/C24H32N6O3/c1-16(2)21-27-28-22(33-21)19-13-24(15-30(19)14-20(31)26-18-3-4-18)7-11-29(12-8-24)23(32)17-5-9-25-10-6-17/h5-6,9-10,16,18-19H,3-4,7-8,11-15H2,1-2H3,(H,26,31). The molecule has 5 rings (SSSR count). The Morgan fingerprint density at radius 2 is 1.91 bits per heavy atom. The monoisotopic (exact) mass is 452 g/mol. The second kappa shape index (κ2) is 8.85. The summed E-state index contributed by atoms with van der Waals surface area (Å²) in [6, 6.07) is 3.80. The lowest BCUT2D eigenvalue weighted by Crippen LogP contribution is -2.45. The molecule has 2 aromatic heterocycles. The Morgan fingerprint density at radius 1 is 1.18 bits per heavy atom. The van der Waals surface area contributed by atoms with Gasteiger partial charge in [-0.15, -0.1) is 10.2 Å². The van der Waals surface area contributed by atoms with Crippen LogP contribution in [0.25, 0.3) is 0 Å². The first-order valence-electron chi connectivity index (χ1n) is 12.0. The number of nitrogens with one attached hydrogen (secondary N) is 1. The number of amides is 2. The van der Waals surface area contributed by atoms with Crippen molar-refractivity contribution < 1.29 is 14.0 Å². The molecule has 1 atom stereocenters. The fourth-order valence-electron chi connectivity index (χ4n) is 5.08. The van der Waals surface area contributed by atoms with Crippen LogP contribution in [-0.2, 0) is 4.79 Å². The van der Waals surface area contributed by atoms with Gasteiger partial charge < -0.3 is 14.6 Å². The van der Waals surface area contributed by atoms with Crippen LogP contribution in [0.3, 0.4) is 0 Å². The summed E-state index contributed by atoms with van der Waals surface area (Å²) in [5, 5.41) is 11.7. The molecule has 4 heterocycles. The fourth-order valence-corrected chi connectivity index (χ4v) is 5.08. The molecule has 9 heteroatoms. The summed E-state index contributed by atoms with van der Waals surface area (Å²) in [7, 11) is 0. The van der Waals surface area contributed by atoms with E-state index in [4.69, 9.17) is 4.42 Å². The SMILES string of the molecule is CC(C)c1nnc(C2CC3(CCN(C(=O)c4ccncc4)CC3)CN2CC(=O)NC2CC2)o1. The number of likely N-dealkylation sites (tertiary alicyclic amines) is 2. The Labute approximate surface area is 193 Å². The minimum absolute atomic E-state index is 0.0337. The average Bonchev–Trinajstić information content (AvgIpc) is 3.36. The van der Waals surface area contributed by atoms with E-state index in [2.05, 4.69) is 25.4 Å². The third-order valence-corrected chi connectivity index (χ3v) is 7.17. The molecule has 2 aliphatic heterocycles. The number of hydrogen-bond acceptors (Lipinski definition) is 7. The van der Waals surface area contributed by atoms with E-state index < -0.39 is 0 Å². The van der Waals surface area contributed by atoms with Gasteiger partial charge in [-0.1, -0.05) is 13.8 Å². The Kier molecular flexibility index (Phi) is 5.90. The summed E-state index contributed by atoms with van der Waals surface area (Å²) in [4.78, 5) is 33.6. The van der Waals surface area contributed by atoms with Crippen molar-refractivity contribution in [3.05, 3.63) is 41.9 Å². The van der Waals surface area contributed by atoms with E-state index in [-0.39, 0.29) is 29.2 Å². The summed E-state index contributed by atoms with van der Waals surface area (Å²) >= 11 is 0. The van der Waals surface area contributed by atoms with Crippen LogP contribution in [0.1, 0.15) is 80.1 Å². The third kappa shape index (κ3) is 4.78. The van der Waals surface area contributed by atoms with Crippen molar-refractivity contribution in [1.82, 2.24) is 30.3 Å². The molecule has 1 spiro atoms. The average molecular weight is 453 g/mol. The molecular formula is C24H32N6O3. The largest absolute Gasteiger partial charge is 0.423 e. The smallest absolute Gasteiger partial charge is 0.253 e. The highest BCUT2D eigenvalue weighted by atomic mass is 16.4. The molecule has 2 aromatic rings. The highest BCUT2D eigenvalue weighted by Gasteiger charge is 2.48. The van der Waals surface area contributed by atoms with Crippen LogP contribution in [0.5, 0.6) is 0 Å². The van der Waals surface area contributed by atoms with Crippen LogP contribution in [-0.4, -0.2) is 69.0 Å². The minimum atomic E-state index is -0.0718. The van der Waals surface area contributed by atoms with Crippen molar-refractivity contribution in [2.75, 3.05) is 26.2 Å². The maximum Gasteiger partial charge on any atom is 0.253 e. The molecule has 3 fully saturated rings. The molecule has 33 heavy (non-hydrogen) atoms. The Morgan fingerprint density at radius 3 is 2.55 bits per heavy atom. The van der Waals surface area contributed by atoms with Crippen LogP contribution in [0.15, 0.2) is 28.9 Å². The lowest BCUT2D eigenvalue weighted by molar-refractivity contribution is -0.122. The predicted octanol–water partition coefficient (Wildman–Crippen LogP) is 2.54. The van der Waals surface area contributed by atoms with Crippen LogP contribution in [0.4, 0.5) is 0 Å². The zero-order valence-corrected chi connectivity index (χ0v) is 19.4. The maximum absolute atomic E-state index is 12.9. The second-order valence-corrected chi connectivity index (χ2v) is 10.1. The van der Waals surface area contributed by atoms with E-state index >= 15 is 0 Å². The molecule has 1 N–H and O–H groups in total. The maximum atomic E-state index is 12.9. The van der Waals surface area contributed by atoms with Gasteiger partial charge in [0.2, 0.25) is 17.7 Å². The van der Waals surface area contributed by atoms with Gasteiger partial charge >= 0.3 is 0 Å². The quantitative estimate of drug-likeness (QED) is 0.718. The molecule has 2 saturated heterocycles. The molecule has 1 unspecified atom stereocenters. The molecule has 176 valence electrons. The first-order chi connectivity index (χ1) is 15.9. The molecular weight excluding hydrogens is 420 g/mol. The van der Waals surface area contributed by atoms with E-state index in [1.807, 2.05) is 18.7 Å². The minimum Gasteiger partial charge on any atom is -0.423 e. The van der Waals surface area contributed by atoms with Gasteiger partial charge in [0.25, 0.3) is 5.91 Å². The number of hydrogen-bond donors (Lipinski definition) is 1. The van der Waals surface area contributed by atoms with Crippen LogP contribution >= 0.6 is 0 Å². The molecule has 1 aliphatic carbocycles. The molecule has 9 nitrogen and oxygen atoms in total. The second-order valence-electron chi connectivity index (χ2n) is 10.1. The van der Waals surface area contributed by atoms with Gasteiger partial charge in [0.1, 0.15) is 0 Å². The van der Waals surface area contributed by atoms with Crippen molar-refractivity contribution in [1.29, 1.82) is 0 Å². The van der Waals surface area contributed by atoms with Gasteiger partial charge in [0.05, 0.1) is 12.6 Å². The van der Waals surface area contributed by atoms with Gasteiger partial charge in [-0.2, -0.15) is 0 Å². The molecule has 1 saturated carbocycles. The van der Waals surface area contributed by atoms with Crippen LogP contribution in [0, 0.1) is 5.41 Å². The number of pyridine rings is 1. The highest BCUT2D eigenvalue weighted by molar-refractivity contribution is 5.94. The van der Waals surface area contributed by atoms with Crippen molar-refractivity contribution in [2.45, 2.75) is 64.0 Å². The number of piperidine rings is 1. The van der Waals surface area contributed by atoms with Crippen molar-refractivity contribution >= 4 is 11.8 Å². The highest BCUT2D eigenvalue weighted by Crippen LogP contribution is 2.48. The first kappa shape index (κ1) is 22.0. The molecule has 0 radical (unpaired) electrons. The number of aromatic nitrogens is 3. The van der Waals surface area contributed by atoms with Gasteiger partial charge in [0, 0.05) is 49.6 Å². The Bertz CT molecular complexity index is 995. The predicted molar refractivity (Wildman–Crippen MR) is 120 cm³/mol. The normalized spacial score (nSPS) is 22.8. The van der Waals surface area contributed by atoms with Gasteiger partial charge in [-0.3, -0.25) is 19.5 Å². The van der Waals surface area contributed by atoms with Crippen LogP contribution < -0.4 is 5.32 Å². The van der Waals surface area contributed by atoms with Crippen molar-refractivity contribution in [3.8, 4) is 0 Å². The number of carbonyl (C=O) groups is 2. The lowest BCUT2D eigenvalue weighted by Gasteiger charge is -2.39. The number of rotatable bonds is 6. The van der Waals surface area contributed by atoms with E-state index in [9.17, 15) is 9.59 Å². The van der Waals surface area contributed by atoms with Crippen LogP contribution in [0.2, 0.25) is 0 Å². The zero-order chi connectivity index (χ0) is 23.0. The molecule has 0 aromatic carbocycles. The molecule has 2 amide bonds. The zero-order valence-electron chi connectivity index (χ0n) is 19.4. The number of nitrogens with zero attached hydrogens (tertiary/aromatic N) is 5. The summed E-state index contributed by atoms with van der Waals surface area (Å²) < 4.78 is 6.02. The van der Waals surface area contributed by atoms with E-state index in [1.165, 1.54) is 0 Å². The van der Waals surface area contributed by atoms with Crippen molar-refractivity contribution in [2.24, 2.45) is 5.41 Å². The molecule has 0 bridgehead atoms. The number of carbonyl (C=O) groups excluding carboxylic acids is 2. The van der Waals surface area contributed by atoms with Gasteiger partial charge in [0.15, 0.2) is 0 Å². The Balaban J connectivity index is 1.29.